The first-order chi connectivity index (χ1) is 7.08. The van der Waals surface area contributed by atoms with Gasteiger partial charge in [0.05, 0.1) is 12.7 Å². The summed E-state index contributed by atoms with van der Waals surface area (Å²) >= 11 is 0. The van der Waals surface area contributed by atoms with Crippen LogP contribution in [0.5, 0.6) is 0 Å². The highest BCUT2D eigenvalue weighted by Crippen LogP contribution is 2.29. The van der Waals surface area contributed by atoms with Crippen LogP contribution in [0.15, 0.2) is 0 Å². The van der Waals surface area contributed by atoms with Crippen molar-refractivity contribution in [1.82, 2.24) is 0 Å². The van der Waals surface area contributed by atoms with E-state index in [1.807, 2.05) is 6.92 Å². The van der Waals surface area contributed by atoms with Crippen molar-refractivity contribution >= 4 is 5.97 Å². The zero-order valence-electron chi connectivity index (χ0n) is 9.24. The summed E-state index contributed by atoms with van der Waals surface area (Å²) in [5.74, 6) is -0.525. The first-order valence-corrected chi connectivity index (χ1v) is 5.66. The third kappa shape index (κ3) is 3.47. The number of esters is 1. The molecule has 0 aliphatic heterocycles. The van der Waals surface area contributed by atoms with Gasteiger partial charge in [0, 0.05) is 0 Å². The lowest BCUT2D eigenvalue weighted by molar-refractivity contribution is -0.171. The van der Waals surface area contributed by atoms with E-state index in [0.717, 1.165) is 12.8 Å². The number of rotatable bonds is 4. The average molecular weight is 216 g/mol. The van der Waals surface area contributed by atoms with Crippen LogP contribution < -0.4 is 0 Å². The van der Waals surface area contributed by atoms with E-state index in [4.69, 9.17) is 4.74 Å². The molecule has 15 heavy (non-hydrogen) atoms. The Bertz CT molecular complexity index is 207. The number of unbranched alkanes of at least 4 members (excludes halogenated alkanes) is 1. The maximum Gasteiger partial charge on any atom is 0.338 e. The number of hydrogen-bond donors (Lipinski definition) is 2. The number of carbonyl (C=O) groups is 1. The summed E-state index contributed by atoms with van der Waals surface area (Å²) in [6.07, 6.45) is 2.96. The molecular weight excluding hydrogens is 196 g/mol. The van der Waals surface area contributed by atoms with E-state index in [0.29, 0.717) is 32.3 Å². The molecule has 0 heterocycles. The van der Waals surface area contributed by atoms with Gasteiger partial charge in [-0.15, -0.1) is 0 Å². The molecule has 0 bridgehead atoms. The maximum atomic E-state index is 11.5. The predicted octanol–water partition coefficient (Wildman–Crippen LogP) is 0.996. The van der Waals surface area contributed by atoms with Crippen LogP contribution in [0.25, 0.3) is 0 Å². The number of aliphatic hydroxyl groups is 2. The molecule has 0 spiro atoms. The Labute approximate surface area is 90.2 Å². The van der Waals surface area contributed by atoms with Crippen LogP contribution in [0.2, 0.25) is 0 Å². The average Bonchev–Trinajstić information content (AvgIpc) is 2.23. The lowest BCUT2D eigenvalue weighted by Crippen LogP contribution is -2.44. The Kier molecular flexibility index (Phi) is 4.54. The Morgan fingerprint density at radius 1 is 1.47 bits per heavy atom. The van der Waals surface area contributed by atoms with Gasteiger partial charge in [-0.1, -0.05) is 13.3 Å². The van der Waals surface area contributed by atoms with Gasteiger partial charge in [0.15, 0.2) is 5.60 Å². The van der Waals surface area contributed by atoms with Crippen LogP contribution in [0.4, 0.5) is 0 Å². The minimum atomic E-state index is -1.35. The van der Waals surface area contributed by atoms with E-state index in [1.54, 1.807) is 0 Å². The van der Waals surface area contributed by atoms with Crippen molar-refractivity contribution in [3.8, 4) is 0 Å². The minimum absolute atomic E-state index is 0.305. The van der Waals surface area contributed by atoms with E-state index in [-0.39, 0.29) is 6.10 Å². The normalized spacial score (nSPS) is 31.3. The van der Waals surface area contributed by atoms with Gasteiger partial charge in [0.2, 0.25) is 0 Å². The number of aliphatic hydroxyl groups excluding tert-OH is 1. The number of hydrogen-bond acceptors (Lipinski definition) is 4. The van der Waals surface area contributed by atoms with Crippen molar-refractivity contribution in [2.45, 2.75) is 57.2 Å². The molecule has 88 valence electrons. The van der Waals surface area contributed by atoms with Gasteiger partial charge in [0.1, 0.15) is 0 Å². The summed E-state index contributed by atoms with van der Waals surface area (Å²) in [6, 6.07) is 0. The Balaban J connectivity index is 2.36. The van der Waals surface area contributed by atoms with E-state index < -0.39 is 11.6 Å². The second-order valence-corrected chi connectivity index (χ2v) is 4.25. The molecule has 4 heteroatoms. The smallest absolute Gasteiger partial charge is 0.338 e. The molecule has 0 radical (unpaired) electrons. The molecule has 0 aromatic heterocycles. The third-order valence-electron chi connectivity index (χ3n) is 2.89. The quantitative estimate of drug-likeness (QED) is 0.543. The molecule has 0 amide bonds. The minimum Gasteiger partial charge on any atom is -0.464 e. The van der Waals surface area contributed by atoms with Crippen LogP contribution in [0.1, 0.15) is 45.4 Å². The van der Waals surface area contributed by atoms with Crippen LogP contribution >= 0.6 is 0 Å². The van der Waals surface area contributed by atoms with Crippen molar-refractivity contribution in [1.29, 1.82) is 0 Å². The van der Waals surface area contributed by atoms with Crippen LogP contribution in [-0.4, -0.2) is 34.5 Å². The van der Waals surface area contributed by atoms with Crippen molar-refractivity contribution in [2.75, 3.05) is 6.61 Å². The Hall–Kier alpha value is -0.610. The predicted molar refractivity (Wildman–Crippen MR) is 55.3 cm³/mol. The summed E-state index contributed by atoms with van der Waals surface area (Å²) in [7, 11) is 0. The second-order valence-electron chi connectivity index (χ2n) is 4.25. The number of carbonyl (C=O) groups excluding carboxylic acids is 1. The molecule has 1 aliphatic carbocycles. The Morgan fingerprint density at radius 2 is 2.07 bits per heavy atom. The van der Waals surface area contributed by atoms with Crippen LogP contribution in [-0.2, 0) is 9.53 Å². The topological polar surface area (TPSA) is 66.8 Å². The molecular formula is C11H20O4. The van der Waals surface area contributed by atoms with Crippen LogP contribution in [0.3, 0.4) is 0 Å². The summed E-state index contributed by atoms with van der Waals surface area (Å²) in [5, 5.41) is 19.2. The number of ether oxygens (including phenoxy) is 1. The van der Waals surface area contributed by atoms with Crippen molar-refractivity contribution in [2.24, 2.45) is 0 Å². The highest BCUT2D eigenvalue weighted by Gasteiger charge is 2.40. The molecule has 0 unspecified atom stereocenters. The third-order valence-corrected chi connectivity index (χ3v) is 2.89. The summed E-state index contributed by atoms with van der Waals surface area (Å²) in [4.78, 5) is 11.5. The second kappa shape index (κ2) is 5.47. The van der Waals surface area contributed by atoms with E-state index >= 15 is 0 Å². The lowest BCUT2D eigenvalue weighted by Gasteiger charge is -2.31. The van der Waals surface area contributed by atoms with E-state index in [2.05, 4.69) is 0 Å². The maximum absolute atomic E-state index is 11.5. The summed E-state index contributed by atoms with van der Waals surface area (Å²) in [6.45, 7) is 2.39. The van der Waals surface area contributed by atoms with E-state index in [1.165, 1.54) is 0 Å². The molecule has 0 saturated heterocycles. The molecule has 2 N–H and O–H groups in total. The highest BCUT2D eigenvalue weighted by atomic mass is 16.5. The Morgan fingerprint density at radius 3 is 2.60 bits per heavy atom. The highest BCUT2D eigenvalue weighted by molar-refractivity contribution is 5.79. The lowest BCUT2D eigenvalue weighted by atomic mass is 9.83. The summed E-state index contributed by atoms with van der Waals surface area (Å²) in [5.41, 5.74) is -1.35. The molecule has 0 aromatic carbocycles. The van der Waals surface area contributed by atoms with Gasteiger partial charge >= 0.3 is 5.97 Å². The molecule has 1 fully saturated rings. The van der Waals surface area contributed by atoms with Crippen molar-refractivity contribution in [3.63, 3.8) is 0 Å². The SMILES string of the molecule is CCCCOC(=O)C1(O)CCC(O)CC1. The first-order valence-electron chi connectivity index (χ1n) is 5.66. The fourth-order valence-electron chi connectivity index (χ4n) is 1.73. The zero-order valence-corrected chi connectivity index (χ0v) is 9.24. The fourth-order valence-corrected chi connectivity index (χ4v) is 1.73. The molecule has 1 rings (SSSR count). The molecule has 4 nitrogen and oxygen atoms in total. The first kappa shape index (κ1) is 12.5. The van der Waals surface area contributed by atoms with Gasteiger partial charge in [0.25, 0.3) is 0 Å². The van der Waals surface area contributed by atoms with Gasteiger partial charge in [-0.25, -0.2) is 4.79 Å². The van der Waals surface area contributed by atoms with Crippen LogP contribution in [0, 0.1) is 0 Å². The van der Waals surface area contributed by atoms with Crippen molar-refractivity contribution in [3.05, 3.63) is 0 Å². The van der Waals surface area contributed by atoms with Gasteiger partial charge in [-0.3, -0.25) is 0 Å². The standard InChI is InChI=1S/C11H20O4/c1-2-3-8-15-10(13)11(14)6-4-9(12)5-7-11/h9,12,14H,2-8H2,1H3. The molecule has 1 aliphatic rings. The zero-order chi connectivity index (χ0) is 11.3. The fraction of sp³-hybridized carbons (Fsp3) is 0.909. The monoisotopic (exact) mass is 216 g/mol. The molecule has 0 aromatic rings. The molecule has 1 saturated carbocycles. The molecule has 0 atom stereocenters. The van der Waals surface area contributed by atoms with Gasteiger partial charge in [-0.05, 0) is 32.1 Å². The van der Waals surface area contributed by atoms with Gasteiger partial charge in [-0.2, -0.15) is 0 Å². The largest absolute Gasteiger partial charge is 0.464 e. The van der Waals surface area contributed by atoms with Gasteiger partial charge < -0.3 is 14.9 Å². The summed E-state index contributed by atoms with van der Waals surface area (Å²) < 4.78 is 4.99. The van der Waals surface area contributed by atoms with Crippen molar-refractivity contribution < 1.29 is 19.7 Å². The van der Waals surface area contributed by atoms with E-state index in [9.17, 15) is 15.0 Å².